The van der Waals surface area contributed by atoms with Crippen LogP contribution in [0.1, 0.15) is 91.4 Å². The normalized spacial score (nSPS) is 29.3. The molecule has 29 heavy (non-hydrogen) atoms. The lowest BCUT2D eigenvalue weighted by Crippen LogP contribution is -2.49. The van der Waals surface area contributed by atoms with Crippen LogP contribution in [-0.2, 0) is 18.9 Å². The van der Waals surface area contributed by atoms with Crippen molar-refractivity contribution in [2.45, 2.75) is 128 Å². The number of methoxy groups -OCH3 is 1. The minimum absolute atomic E-state index is 0.0319. The number of hydrogen-bond donors (Lipinski definition) is 2. The summed E-state index contributed by atoms with van der Waals surface area (Å²) in [5.41, 5.74) is 0. The third-order valence-electron chi connectivity index (χ3n) is 6.07. The average molecular weight is 416 g/mol. The fraction of sp³-hybridized carbons (Fsp3) is 1.00. The molecule has 0 bridgehead atoms. The molecule has 0 spiro atoms. The summed E-state index contributed by atoms with van der Waals surface area (Å²) in [5.74, 6) is -0.646. The van der Waals surface area contributed by atoms with E-state index in [-0.39, 0.29) is 31.0 Å². The van der Waals surface area contributed by atoms with Crippen molar-refractivity contribution >= 4 is 0 Å². The molecule has 0 aromatic rings. The second kappa shape index (κ2) is 13.2. The molecule has 4 unspecified atom stereocenters. The fourth-order valence-corrected chi connectivity index (χ4v) is 4.52. The Labute approximate surface area is 178 Å². The summed E-state index contributed by atoms with van der Waals surface area (Å²) < 4.78 is 23.7. The molecule has 172 valence electrons. The van der Waals surface area contributed by atoms with E-state index in [1.807, 2.05) is 13.8 Å². The SMILES string of the molecule is CCCCCCCCCCCCNC(CCO)C1OC2OC(C)(C)O[C@H]2C1OC. The molecule has 2 aliphatic rings. The summed E-state index contributed by atoms with van der Waals surface area (Å²) in [5, 5.41) is 13.1. The summed E-state index contributed by atoms with van der Waals surface area (Å²) in [7, 11) is 1.69. The quantitative estimate of drug-likeness (QED) is 0.369. The van der Waals surface area contributed by atoms with Crippen LogP contribution in [0.3, 0.4) is 0 Å². The van der Waals surface area contributed by atoms with Crippen molar-refractivity contribution in [1.29, 1.82) is 0 Å². The molecule has 0 radical (unpaired) electrons. The van der Waals surface area contributed by atoms with Crippen LogP contribution in [0.15, 0.2) is 0 Å². The smallest absolute Gasteiger partial charge is 0.190 e. The van der Waals surface area contributed by atoms with Crippen molar-refractivity contribution in [3.8, 4) is 0 Å². The van der Waals surface area contributed by atoms with Gasteiger partial charge in [-0.25, -0.2) is 0 Å². The lowest BCUT2D eigenvalue weighted by molar-refractivity contribution is -0.220. The van der Waals surface area contributed by atoms with Crippen LogP contribution in [0.5, 0.6) is 0 Å². The van der Waals surface area contributed by atoms with Crippen molar-refractivity contribution in [1.82, 2.24) is 5.32 Å². The summed E-state index contributed by atoms with van der Waals surface area (Å²) in [6.45, 7) is 7.10. The largest absolute Gasteiger partial charge is 0.396 e. The molecule has 6 nitrogen and oxygen atoms in total. The number of fused-ring (bicyclic) bond motifs is 1. The molecule has 2 saturated heterocycles. The summed E-state index contributed by atoms with van der Waals surface area (Å²) >= 11 is 0. The topological polar surface area (TPSA) is 69.2 Å². The fourth-order valence-electron chi connectivity index (χ4n) is 4.52. The number of hydrogen-bond acceptors (Lipinski definition) is 6. The van der Waals surface area contributed by atoms with Crippen molar-refractivity contribution in [2.24, 2.45) is 0 Å². The zero-order valence-corrected chi connectivity index (χ0v) is 19.2. The maximum absolute atomic E-state index is 9.52. The zero-order valence-electron chi connectivity index (χ0n) is 19.2. The molecule has 2 heterocycles. The Morgan fingerprint density at radius 1 is 0.966 bits per heavy atom. The van der Waals surface area contributed by atoms with Gasteiger partial charge in [0.05, 0.1) is 0 Å². The van der Waals surface area contributed by atoms with E-state index in [9.17, 15) is 5.11 Å². The molecular weight excluding hydrogens is 370 g/mol. The Hall–Kier alpha value is -0.240. The van der Waals surface area contributed by atoms with Gasteiger partial charge < -0.3 is 29.4 Å². The Morgan fingerprint density at radius 2 is 1.59 bits per heavy atom. The van der Waals surface area contributed by atoms with Gasteiger partial charge >= 0.3 is 0 Å². The van der Waals surface area contributed by atoms with E-state index in [0.717, 1.165) is 13.0 Å². The van der Waals surface area contributed by atoms with Gasteiger partial charge in [0.1, 0.15) is 18.3 Å². The molecule has 6 heteroatoms. The highest BCUT2D eigenvalue weighted by atomic mass is 16.8. The van der Waals surface area contributed by atoms with E-state index in [4.69, 9.17) is 18.9 Å². The van der Waals surface area contributed by atoms with Crippen LogP contribution < -0.4 is 5.32 Å². The van der Waals surface area contributed by atoms with E-state index in [1.165, 1.54) is 57.8 Å². The molecule has 0 aromatic heterocycles. The monoisotopic (exact) mass is 415 g/mol. The summed E-state index contributed by atoms with van der Waals surface area (Å²) in [6.07, 6.45) is 12.9. The minimum Gasteiger partial charge on any atom is -0.396 e. The first-order valence-corrected chi connectivity index (χ1v) is 11.9. The van der Waals surface area contributed by atoms with E-state index in [2.05, 4.69) is 12.2 Å². The highest BCUT2D eigenvalue weighted by Crippen LogP contribution is 2.39. The lowest BCUT2D eigenvalue weighted by atomic mass is 10.0. The molecule has 2 N–H and O–H groups in total. The zero-order chi connectivity index (χ0) is 21.1. The highest BCUT2D eigenvalue weighted by Gasteiger charge is 2.56. The van der Waals surface area contributed by atoms with Crippen LogP contribution in [0.4, 0.5) is 0 Å². The van der Waals surface area contributed by atoms with E-state index in [0.29, 0.717) is 6.42 Å². The number of rotatable bonds is 16. The van der Waals surface area contributed by atoms with Gasteiger partial charge in [-0.2, -0.15) is 0 Å². The van der Waals surface area contributed by atoms with Gasteiger partial charge in [0.25, 0.3) is 0 Å². The average Bonchev–Trinajstić information content (AvgIpc) is 3.16. The van der Waals surface area contributed by atoms with E-state index >= 15 is 0 Å². The predicted octanol–water partition coefficient (Wildman–Crippen LogP) is 4.14. The molecule has 0 aromatic carbocycles. The van der Waals surface area contributed by atoms with Crippen LogP contribution in [0.25, 0.3) is 0 Å². The molecule has 0 aliphatic carbocycles. The Kier molecular flexibility index (Phi) is 11.4. The third kappa shape index (κ3) is 8.08. The summed E-state index contributed by atoms with van der Waals surface area (Å²) in [6, 6.07) is 0.0319. The van der Waals surface area contributed by atoms with Crippen molar-refractivity contribution < 1.29 is 24.1 Å². The van der Waals surface area contributed by atoms with Gasteiger partial charge in [-0.15, -0.1) is 0 Å². The maximum atomic E-state index is 9.52. The second-order valence-electron chi connectivity index (χ2n) is 9.02. The predicted molar refractivity (Wildman–Crippen MR) is 115 cm³/mol. The molecule has 2 fully saturated rings. The van der Waals surface area contributed by atoms with Gasteiger partial charge in [0.15, 0.2) is 12.1 Å². The van der Waals surface area contributed by atoms with Crippen LogP contribution in [0.2, 0.25) is 0 Å². The molecule has 2 rings (SSSR count). The lowest BCUT2D eigenvalue weighted by Gasteiger charge is -2.30. The number of aliphatic hydroxyl groups excluding tert-OH is 1. The number of nitrogens with one attached hydrogen (secondary N) is 1. The van der Waals surface area contributed by atoms with Crippen molar-refractivity contribution in [3.05, 3.63) is 0 Å². The number of ether oxygens (including phenoxy) is 4. The van der Waals surface area contributed by atoms with Crippen LogP contribution in [0, 0.1) is 0 Å². The first-order chi connectivity index (χ1) is 14.0. The maximum Gasteiger partial charge on any atom is 0.190 e. The standard InChI is InChI=1S/C23H45NO5/c1-5-6-7-8-9-10-11-12-13-14-16-24-18(15-17-25)19-20(26-4)21-22(27-19)29-23(2,3)28-21/h18-22,24-25H,5-17H2,1-4H3/t18?,19?,20?,21-,22?/m0/s1. The first-order valence-electron chi connectivity index (χ1n) is 11.9. The molecule has 0 saturated carbocycles. The molecular formula is C23H45NO5. The highest BCUT2D eigenvalue weighted by molar-refractivity contribution is 4.98. The van der Waals surface area contributed by atoms with Gasteiger partial charge in [-0.3, -0.25) is 0 Å². The van der Waals surface area contributed by atoms with Crippen LogP contribution >= 0.6 is 0 Å². The number of unbranched alkanes of at least 4 members (excludes halogenated alkanes) is 9. The Morgan fingerprint density at radius 3 is 2.17 bits per heavy atom. The molecule has 0 amide bonds. The van der Waals surface area contributed by atoms with Gasteiger partial charge in [0, 0.05) is 19.8 Å². The second-order valence-corrected chi connectivity index (χ2v) is 9.02. The van der Waals surface area contributed by atoms with Crippen molar-refractivity contribution in [2.75, 3.05) is 20.3 Å². The Bertz CT molecular complexity index is 433. The van der Waals surface area contributed by atoms with Gasteiger partial charge in [-0.1, -0.05) is 64.7 Å². The first kappa shape index (κ1) is 25.0. The van der Waals surface area contributed by atoms with Gasteiger partial charge in [-0.05, 0) is 33.2 Å². The molecule has 2 aliphatic heterocycles. The van der Waals surface area contributed by atoms with Crippen LogP contribution in [-0.4, -0.2) is 61.8 Å². The Balaban J connectivity index is 1.63. The summed E-state index contributed by atoms with van der Waals surface area (Å²) in [4.78, 5) is 0. The van der Waals surface area contributed by atoms with E-state index in [1.54, 1.807) is 7.11 Å². The van der Waals surface area contributed by atoms with Crippen molar-refractivity contribution in [3.63, 3.8) is 0 Å². The molecule has 5 atom stereocenters. The minimum atomic E-state index is -0.646. The third-order valence-corrected chi connectivity index (χ3v) is 6.07. The number of aliphatic hydroxyl groups is 1. The van der Waals surface area contributed by atoms with Gasteiger partial charge in [0.2, 0.25) is 0 Å². The van der Waals surface area contributed by atoms with E-state index < -0.39 is 12.1 Å².